The third-order valence-corrected chi connectivity index (χ3v) is 3.69. The summed E-state index contributed by atoms with van der Waals surface area (Å²) < 4.78 is 6.97. The molecule has 0 unspecified atom stereocenters. The van der Waals surface area contributed by atoms with Crippen LogP contribution in [-0.2, 0) is 11.3 Å². The lowest BCUT2D eigenvalue weighted by Crippen LogP contribution is -2.29. The maximum absolute atomic E-state index is 11.9. The number of tetrazole rings is 1. The van der Waals surface area contributed by atoms with Crippen LogP contribution in [0.5, 0.6) is 5.75 Å². The number of carbonyl (C=O) groups is 1. The van der Waals surface area contributed by atoms with Crippen LogP contribution in [0.15, 0.2) is 48.5 Å². The largest absolute Gasteiger partial charge is 0.484 e. The van der Waals surface area contributed by atoms with Crippen LogP contribution in [0.2, 0.25) is 5.02 Å². The van der Waals surface area contributed by atoms with E-state index < -0.39 is 0 Å². The molecule has 2 aromatic carbocycles. The van der Waals surface area contributed by atoms with E-state index >= 15 is 0 Å². The lowest BCUT2D eigenvalue weighted by molar-refractivity contribution is -0.123. The minimum absolute atomic E-state index is 0.0778. The van der Waals surface area contributed by atoms with Gasteiger partial charge in [0.25, 0.3) is 5.91 Å². The van der Waals surface area contributed by atoms with E-state index in [1.165, 1.54) is 4.68 Å². The van der Waals surface area contributed by atoms with Gasteiger partial charge in [-0.1, -0.05) is 29.3 Å². The number of hydrogen-bond donors (Lipinski definition) is 1. The second-order valence-electron chi connectivity index (χ2n) is 5.36. The van der Waals surface area contributed by atoms with Gasteiger partial charge >= 0.3 is 0 Å². The van der Waals surface area contributed by atoms with E-state index in [1.54, 1.807) is 24.3 Å². The van der Waals surface area contributed by atoms with E-state index in [-0.39, 0.29) is 19.1 Å². The minimum Gasteiger partial charge on any atom is -0.484 e. The molecule has 0 spiro atoms. The molecule has 8 heteroatoms. The number of aryl methyl sites for hydroxylation is 1. The van der Waals surface area contributed by atoms with E-state index in [4.69, 9.17) is 16.3 Å². The van der Waals surface area contributed by atoms with Crippen molar-refractivity contribution in [1.29, 1.82) is 0 Å². The Balaban J connectivity index is 1.55. The number of nitrogens with one attached hydrogen (secondary N) is 1. The average molecular weight is 358 g/mol. The fraction of sp³-hybridized carbons (Fsp3) is 0.176. The summed E-state index contributed by atoms with van der Waals surface area (Å²) in [6.07, 6.45) is 0. The molecule has 0 aliphatic rings. The van der Waals surface area contributed by atoms with E-state index in [1.807, 2.05) is 31.2 Å². The standard InChI is InChI=1S/C17H16ClN5O2/c1-12-2-8-15(9-3-12)25-11-17(24)19-10-16-20-21-22-23(16)14-6-4-13(18)5-7-14/h2-9H,10-11H2,1H3,(H,19,24). The number of nitrogens with zero attached hydrogens (tertiary/aromatic N) is 4. The van der Waals surface area contributed by atoms with Gasteiger partial charge in [-0.2, -0.15) is 4.68 Å². The van der Waals surface area contributed by atoms with Crippen molar-refractivity contribution in [2.45, 2.75) is 13.5 Å². The Kier molecular flexibility index (Phi) is 5.25. The number of carbonyl (C=O) groups excluding carboxylic acids is 1. The molecule has 1 aromatic heterocycles. The summed E-state index contributed by atoms with van der Waals surface area (Å²) in [6, 6.07) is 14.6. The highest BCUT2D eigenvalue weighted by Gasteiger charge is 2.10. The molecule has 1 amide bonds. The van der Waals surface area contributed by atoms with Crippen LogP contribution < -0.4 is 10.1 Å². The number of hydrogen-bond acceptors (Lipinski definition) is 5. The predicted molar refractivity (Wildman–Crippen MR) is 92.7 cm³/mol. The van der Waals surface area contributed by atoms with Crippen molar-refractivity contribution >= 4 is 17.5 Å². The van der Waals surface area contributed by atoms with Crippen molar-refractivity contribution in [3.8, 4) is 11.4 Å². The van der Waals surface area contributed by atoms with Crippen molar-refractivity contribution in [3.63, 3.8) is 0 Å². The molecule has 0 atom stereocenters. The number of ether oxygens (including phenoxy) is 1. The zero-order chi connectivity index (χ0) is 17.6. The van der Waals surface area contributed by atoms with Gasteiger partial charge < -0.3 is 10.1 Å². The molecule has 3 aromatic rings. The Morgan fingerprint density at radius 2 is 1.88 bits per heavy atom. The molecule has 0 aliphatic heterocycles. The number of halogens is 1. The Labute approximate surface area is 149 Å². The van der Waals surface area contributed by atoms with Crippen LogP contribution in [0, 0.1) is 6.92 Å². The van der Waals surface area contributed by atoms with Gasteiger partial charge in [-0.05, 0) is 53.7 Å². The second kappa shape index (κ2) is 7.76. The zero-order valence-corrected chi connectivity index (χ0v) is 14.3. The lowest BCUT2D eigenvalue weighted by Gasteiger charge is -2.08. The normalized spacial score (nSPS) is 10.5. The Bertz CT molecular complexity index is 846. The van der Waals surface area contributed by atoms with Crippen molar-refractivity contribution in [3.05, 3.63) is 64.9 Å². The molecular weight excluding hydrogens is 342 g/mol. The predicted octanol–water partition coefficient (Wildman–Crippen LogP) is 2.32. The first kappa shape index (κ1) is 16.9. The van der Waals surface area contributed by atoms with Gasteiger partial charge in [0.2, 0.25) is 0 Å². The van der Waals surface area contributed by atoms with E-state index in [0.717, 1.165) is 11.3 Å². The molecule has 0 saturated carbocycles. The SMILES string of the molecule is Cc1ccc(OCC(=O)NCc2nnnn2-c2ccc(Cl)cc2)cc1. The van der Waals surface area contributed by atoms with E-state index in [2.05, 4.69) is 20.8 Å². The summed E-state index contributed by atoms with van der Waals surface area (Å²) in [5.41, 5.74) is 1.89. The number of amides is 1. The molecule has 128 valence electrons. The lowest BCUT2D eigenvalue weighted by atomic mass is 10.2. The summed E-state index contributed by atoms with van der Waals surface area (Å²) in [4.78, 5) is 11.9. The highest BCUT2D eigenvalue weighted by atomic mass is 35.5. The van der Waals surface area contributed by atoms with E-state index in [0.29, 0.717) is 16.6 Å². The molecule has 0 aliphatic carbocycles. The first-order valence-electron chi connectivity index (χ1n) is 7.61. The maximum atomic E-state index is 11.9. The average Bonchev–Trinajstić information content (AvgIpc) is 3.09. The number of aromatic nitrogens is 4. The van der Waals surface area contributed by atoms with Crippen molar-refractivity contribution < 1.29 is 9.53 Å². The summed E-state index contributed by atoms with van der Waals surface area (Å²) in [5, 5.41) is 14.9. The molecule has 0 fully saturated rings. The molecule has 0 bridgehead atoms. The van der Waals surface area contributed by atoms with Crippen molar-refractivity contribution in [1.82, 2.24) is 25.5 Å². The number of benzene rings is 2. The first-order chi connectivity index (χ1) is 12.1. The van der Waals surface area contributed by atoms with Gasteiger partial charge in [-0.15, -0.1) is 5.10 Å². The van der Waals surface area contributed by atoms with Crippen molar-refractivity contribution in [2.75, 3.05) is 6.61 Å². The van der Waals surface area contributed by atoms with Crippen LogP contribution in [0.25, 0.3) is 5.69 Å². The molecule has 0 radical (unpaired) electrons. The van der Waals surface area contributed by atoms with E-state index in [9.17, 15) is 4.79 Å². The van der Waals surface area contributed by atoms with Gasteiger partial charge in [0, 0.05) is 5.02 Å². The van der Waals surface area contributed by atoms with Crippen LogP contribution in [0.1, 0.15) is 11.4 Å². The maximum Gasteiger partial charge on any atom is 0.258 e. The summed E-state index contributed by atoms with van der Waals surface area (Å²) in [6.45, 7) is 2.10. The fourth-order valence-electron chi connectivity index (χ4n) is 2.11. The molecule has 25 heavy (non-hydrogen) atoms. The van der Waals surface area contributed by atoms with Crippen molar-refractivity contribution in [2.24, 2.45) is 0 Å². The number of rotatable bonds is 6. The quantitative estimate of drug-likeness (QED) is 0.732. The molecule has 3 rings (SSSR count). The molecule has 0 saturated heterocycles. The van der Waals surface area contributed by atoms with Gasteiger partial charge in [-0.25, -0.2) is 0 Å². The zero-order valence-electron chi connectivity index (χ0n) is 13.5. The first-order valence-corrected chi connectivity index (χ1v) is 7.99. The van der Waals surface area contributed by atoms with Gasteiger partial charge in [0.1, 0.15) is 5.75 Å². The summed E-state index contributed by atoms with van der Waals surface area (Å²) >= 11 is 5.88. The highest BCUT2D eigenvalue weighted by Crippen LogP contribution is 2.13. The Morgan fingerprint density at radius 3 is 2.60 bits per heavy atom. The molecule has 1 N–H and O–H groups in total. The smallest absolute Gasteiger partial charge is 0.258 e. The summed E-state index contributed by atoms with van der Waals surface area (Å²) in [7, 11) is 0. The Hall–Kier alpha value is -2.93. The molecule has 7 nitrogen and oxygen atoms in total. The van der Waals surface area contributed by atoms with Gasteiger partial charge in [-0.3, -0.25) is 4.79 Å². The highest BCUT2D eigenvalue weighted by molar-refractivity contribution is 6.30. The molecule has 1 heterocycles. The van der Waals surface area contributed by atoms with Gasteiger partial charge in [0.15, 0.2) is 12.4 Å². The third kappa shape index (κ3) is 4.54. The molecular formula is C17H16ClN5O2. The topological polar surface area (TPSA) is 81.9 Å². The van der Waals surface area contributed by atoms with Crippen LogP contribution in [0.4, 0.5) is 0 Å². The fourth-order valence-corrected chi connectivity index (χ4v) is 2.24. The van der Waals surface area contributed by atoms with Crippen LogP contribution in [-0.4, -0.2) is 32.7 Å². The summed E-state index contributed by atoms with van der Waals surface area (Å²) in [5.74, 6) is 0.893. The van der Waals surface area contributed by atoms with Gasteiger partial charge in [0.05, 0.1) is 12.2 Å². The van der Waals surface area contributed by atoms with Crippen LogP contribution >= 0.6 is 11.6 Å². The second-order valence-corrected chi connectivity index (χ2v) is 5.80. The minimum atomic E-state index is -0.258. The Morgan fingerprint density at radius 1 is 1.16 bits per heavy atom. The third-order valence-electron chi connectivity index (χ3n) is 3.44. The van der Waals surface area contributed by atoms with Crippen LogP contribution in [0.3, 0.4) is 0 Å². The monoisotopic (exact) mass is 357 g/mol.